The van der Waals surface area contributed by atoms with Crippen molar-refractivity contribution in [2.75, 3.05) is 36.5 Å². The van der Waals surface area contributed by atoms with E-state index in [1.807, 2.05) is 37.4 Å². The number of ether oxygens (including phenoxy) is 1. The average Bonchev–Trinajstić information content (AvgIpc) is 3.34. The van der Waals surface area contributed by atoms with Gasteiger partial charge in [-0.2, -0.15) is 9.41 Å². The molecule has 3 aromatic rings. The second kappa shape index (κ2) is 11.5. The van der Waals surface area contributed by atoms with E-state index >= 15 is 0 Å². The number of anilines is 2. The van der Waals surface area contributed by atoms with Crippen molar-refractivity contribution in [2.45, 2.75) is 44.8 Å². The molecule has 2 unspecified atom stereocenters. The van der Waals surface area contributed by atoms with Crippen molar-refractivity contribution in [2.24, 2.45) is 5.10 Å². The van der Waals surface area contributed by atoms with Gasteiger partial charge in [0.15, 0.2) is 0 Å². The fourth-order valence-corrected chi connectivity index (χ4v) is 6.58. The van der Waals surface area contributed by atoms with E-state index in [9.17, 15) is 8.42 Å². The molecule has 8 nitrogen and oxygen atoms in total. The van der Waals surface area contributed by atoms with Crippen molar-refractivity contribution in [3.8, 4) is 11.3 Å². The van der Waals surface area contributed by atoms with Crippen molar-refractivity contribution in [1.82, 2.24) is 9.29 Å². The molecule has 1 saturated heterocycles. The Labute approximate surface area is 217 Å². The number of aromatic nitrogens is 1. The number of benzene rings is 2. The Morgan fingerprint density at radius 1 is 1.14 bits per heavy atom. The second-order valence-electron chi connectivity index (χ2n) is 8.78. The van der Waals surface area contributed by atoms with Gasteiger partial charge in [0.25, 0.3) is 0 Å². The third kappa shape index (κ3) is 6.12. The first-order valence-corrected chi connectivity index (χ1v) is 14.5. The highest BCUT2D eigenvalue weighted by atomic mass is 32.2. The minimum absolute atomic E-state index is 0.139. The summed E-state index contributed by atoms with van der Waals surface area (Å²) in [5, 5.41) is 6.83. The standard InChI is InChI=1S/C26H33N5O3S2/c1-5-30(6-2)23-12-10-21(11-13-23)15-27-29-26-28-25(18-35-26)22-8-7-9-24(14-22)36(32,33)31-16-19(3)34-20(4)17-31/h7-15,18-20H,5-6,16-17H2,1-4H3,(H,28,29)/b27-15+. The number of nitrogens with zero attached hydrogens (tertiary/aromatic N) is 4. The van der Waals surface area contributed by atoms with Gasteiger partial charge in [0.05, 0.1) is 29.0 Å². The van der Waals surface area contributed by atoms with E-state index in [0.717, 1.165) is 24.2 Å². The Balaban J connectivity index is 1.43. The molecule has 0 bridgehead atoms. The van der Waals surface area contributed by atoms with E-state index in [1.165, 1.54) is 21.3 Å². The van der Waals surface area contributed by atoms with Gasteiger partial charge in [0, 0.05) is 42.8 Å². The first kappa shape index (κ1) is 26.3. The molecule has 4 rings (SSSR count). The van der Waals surface area contributed by atoms with E-state index in [-0.39, 0.29) is 17.1 Å². The Kier molecular flexibility index (Phi) is 8.40. The Bertz CT molecular complexity index is 1280. The first-order chi connectivity index (χ1) is 17.3. The number of sulfonamides is 1. The van der Waals surface area contributed by atoms with Crippen LogP contribution in [-0.2, 0) is 14.8 Å². The van der Waals surface area contributed by atoms with Crippen LogP contribution in [0.4, 0.5) is 10.8 Å². The monoisotopic (exact) mass is 527 g/mol. The summed E-state index contributed by atoms with van der Waals surface area (Å²) in [6.07, 6.45) is 1.48. The molecule has 1 fully saturated rings. The molecular formula is C26H33N5O3S2. The summed E-state index contributed by atoms with van der Waals surface area (Å²) in [5.41, 5.74) is 6.59. The highest BCUT2D eigenvalue weighted by molar-refractivity contribution is 7.89. The zero-order valence-electron chi connectivity index (χ0n) is 21.1. The van der Waals surface area contributed by atoms with Crippen molar-refractivity contribution < 1.29 is 13.2 Å². The summed E-state index contributed by atoms with van der Waals surface area (Å²) in [4.78, 5) is 7.14. The molecule has 0 spiro atoms. The molecule has 1 N–H and O–H groups in total. The summed E-state index contributed by atoms with van der Waals surface area (Å²) >= 11 is 1.41. The van der Waals surface area contributed by atoms with Crippen LogP contribution >= 0.6 is 11.3 Å². The van der Waals surface area contributed by atoms with Crippen molar-refractivity contribution in [1.29, 1.82) is 0 Å². The lowest BCUT2D eigenvalue weighted by Crippen LogP contribution is -2.48. The van der Waals surface area contributed by atoms with Crippen LogP contribution in [0.15, 0.2) is 63.9 Å². The van der Waals surface area contributed by atoms with E-state index in [0.29, 0.717) is 23.9 Å². The maximum absolute atomic E-state index is 13.3. The molecule has 0 aliphatic carbocycles. The lowest BCUT2D eigenvalue weighted by atomic mass is 10.2. The van der Waals surface area contributed by atoms with Crippen LogP contribution < -0.4 is 10.3 Å². The second-order valence-corrected chi connectivity index (χ2v) is 11.6. The third-order valence-electron chi connectivity index (χ3n) is 6.05. The zero-order valence-corrected chi connectivity index (χ0v) is 22.7. The molecule has 36 heavy (non-hydrogen) atoms. The van der Waals surface area contributed by atoms with Gasteiger partial charge < -0.3 is 9.64 Å². The van der Waals surface area contributed by atoms with Gasteiger partial charge in [-0.1, -0.05) is 24.3 Å². The predicted octanol–water partition coefficient (Wildman–Crippen LogP) is 4.90. The van der Waals surface area contributed by atoms with Gasteiger partial charge >= 0.3 is 0 Å². The van der Waals surface area contributed by atoms with E-state index in [2.05, 4.69) is 46.4 Å². The molecule has 2 atom stereocenters. The quantitative estimate of drug-likeness (QED) is 0.315. The summed E-state index contributed by atoms with van der Waals surface area (Å²) in [7, 11) is -3.62. The summed E-state index contributed by atoms with van der Waals surface area (Å²) in [5.74, 6) is 0. The minimum atomic E-state index is -3.62. The largest absolute Gasteiger partial charge is 0.373 e. The molecular weight excluding hydrogens is 494 g/mol. The Hall–Kier alpha value is -2.79. The molecule has 0 radical (unpaired) electrons. The van der Waals surface area contributed by atoms with Crippen molar-refractivity contribution in [3.05, 3.63) is 59.5 Å². The number of morpholine rings is 1. The van der Waals surface area contributed by atoms with Gasteiger partial charge in [0.2, 0.25) is 15.2 Å². The van der Waals surface area contributed by atoms with Crippen molar-refractivity contribution in [3.63, 3.8) is 0 Å². The molecule has 1 aliphatic rings. The summed E-state index contributed by atoms with van der Waals surface area (Å²) < 4.78 is 33.7. The van der Waals surface area contributed by atoms with E-state index in [4.69, 9.17) is 4.74 Å². The Morgan fingerprint density at radius 3 is 2.50 bits per heavy atom. The molecule has 1 aliphatic heterocycles. The minimum Gasteiger partial charge on any atom is -0.373 e. The van der Waals surface area contributed by atoms with Gasteiger partial charge in [-0.05, 0) is 57.5 Å². The van der Waals surface area contributed by atoms with Crippen LogP contribution in [0.1, 0.15) is 33.3 Å². The Morgan fingerprint density at radius 2 is 1.83 bits per heavy atom. The average molecular weight is 528 g/mol. The normalized spacial score (nSPS) is 19.0. The van der Waals surface area contributed by atoms with Crippen LogP contribution in [0.5, 0.6) is 0 Å². The number of nitrogens with one attached hydrogen (secondary N) is 1. The van der Waals surface area contributed by atoms with Gasteiger partial charge in [-0.3, -0.25) is 5.43 Å². The maximum Gasteiger partial charge on any atom is 0.243 e. The SMILES string of the molecule is CCN(CC)c1ccc(/C=N/Nc2nc(-c3cccc(S(=O)(=O)N4CC(C)OC(C)C4)c3)cs2)cc1. The number of rotatable bonds is 9. The number of thiazole rings is 1. The van der Waals surface area contributed by atoms with Gasteiger partial charge in [-0.15, -0.1) is 11.3 Å². The van der Waals surface area contributed by atoms with E-state index in [1.54, 1.807) is 24.4 Å². The van der Waals surface area contributed by atoms with Gasteiger partial charge in [0.1, 0.15) is 0 Å². The molecule has 10 heteroatoms. The topological polar surface area (TPSA) is 87.1 Å². The molecule has 0 amide bonds. The fraction of sp³-hybridized carbons (Fsp3) is 0.385. The number of hydrogen-bond acceptors (Lipinski definition) is 8. The predicted molar refractivity (Wildman–Crippen MR) is 148 cm³/mol. The van der Waals surface area contributed by atoms with Crippen LogP contribution in [-0.4, -0.2) is 62.3 Å². The van der Waals surface area contributed by atoms with Crippen LogP contribution in [0.3, 0.4) is 0 Å². The zero-order chi connectivity index (χ0) is 25.7. The van der Waals surface area contributed by atoms with Crippen LogP contribution in [0.25, 0.3) is 11.3 Å². The number of hydrazone groups is 1. The maximum atomic E-state index is 13.3. The summed E-state index contributed by atoms with van der Waals surface area (Å²) in [6, 6.07) is 15.2. The molecule has 1 aromatic heterocycles. The molecule has 0 saturated carbocycles. The third-order valence-corrected chi connectivity index (χ3v) is 8.63. The highest BCUT2D eigenvalue weighted by Gasteiger charge is 2.32. The molecule has 192 valence electrons. The fourth-order valence-electron chi connectivity index (χ4n) is 4.27. The van der Waals surface area contributed by atoms with Crippen molar-refractivity contribution >= 4 is 38.4 Å². The van der Waals surface area contributed by atoms with Crippen LogP contribution in [0, 0.1) is 0 Å². The molecule has 2 aromatic carbocycles. The lowest BCUT2D eigenvalue weighted by Gasteiger charge is -2.34. The first-order valence-electron chi connectivity index (χ1n) is 12.2. The molecule has 2 heterocycles. The number of hydrogen-bond donors (Lipinski definition) is 1. The van der Waals surface area contributed by atoms with Gasteiger partial charge in [-0.25, -0.2) is 13.4 Å². The van der Waals surface area contributed by atoms with Crippen LogP contribution in [0.2, 0.25) is 0 Å². The highest BCUT2D eigenvalue weighted by Crippen LogP contribution is 2.28. The van der Waals surface area contributed by atoms with E-state index < -0.39 is 10.0 Å². The summed E-state index contributed by atoms with van der Waals surface area (Å²) in [6.45, 7) is 10.7. The lowest BCUT2D eigenvalue weighted by molar-refractivity contribution is -0.0440. The smallest absolute Gasteiger partial charge is 0.243 e.